The van der Waals surface area contributed by atoms with Crippen LogP contribution < -0.4 is 4.40 Å². The van der Waals surface area contributed by atoms with Gasteiger partial charge in [0, 0.05) is 0 Å². The van der Waals surface area contributed by atoms with E-state index in [0.717, 1.165) is 5.69 Å². The van der Waals surface area contributed by atoms with Crippen molar-refractivity contribution in [3.63, 3.8) is 0 Å². The molecule has 0 bridgehead atoms. The fraction of sp³-hybridized carbons (Fsp3) is 0.476. The molecule has 23 heavy (non-hydrogen) atoms. The van der Waals surface area contributed by atoms with Crippen LogP contribution in [-0.4, -0.2) is 18.3 Å². The van der Waals surface area contributed by atoms with Crippen LogP contribution in [-0.2, 0) is 6.42 Å². The van der Waals surface area contributed by atoms with Crippen LogP contribution in [0.5, 0.6) is 0 Å². The third-order valence-electron chi connectivity index (χ3n) is 5.19. The van der Waals surface area contributed by atoms with Crippen molar-refractivity contribution < 1.29 is 0 Å². The summed E-state index contributed by atoms with van der Waals surface area (Å²) in [5.41, 5.74) is 4.26. The number of benzene rings is 1. The van der Waals surface area contributed by atoms with Gasteiger partial charge < -0.3 is 0 Å². The van der Waals surface area contributed by atoms with Crippen molar-refractivity contribution in [1.82, 2.24) is 4.98 Å². The zero-order valence-corrected chi connectivity index (χ0v) is 17.7. The zero-order valence-electron chi connectivity index (χ0n) is 15.6. The van der Waals surface area contributed by atoms with Crippen molar-refractivity contribution in [2.45, 2.75) is 57.3 Å². The Kier molecular flexibility index (Phi) is 5.72. The predicted molar refractivity (Wildman–Crippen MR) is 105 cm³/mol. The normalized spacial score (nSPS) is 12.4. The van der Waals surface area contributed by atoms with Gasteiger partial charge in [-0.05, 0) is 0 Å². The molecule has 1 aromatic heterocycles. The monoisotopic (exact) mass is 371 g/mol. The summed E-state index contributed by atoms with van der Waals surface area (Å²) in [5.74, 6) is 7.41. The fourth-order valence-corrected chi connectivity index (χ4v) is 6.35. The third kappa shape index (κ3) is 4.47. The Balaban J connectivity index is 2.51. The molecule has 0 aliphatic carbocycles. The summed E-state index contributed by atoms with van der Waals surface area (Å²) >= 11 is -1.92. The average molecular weight is 370 g/mol. The Morgan fingerprint density at radius 3 is 2.13 bits per heavy atom. The minimum absolute atomic E-state index is 0.386. The second-order valence-corrected chi connectivity index (χ2v) is 18.6. The van der Waals surface area contributed by atoms with E-state index in [1.165, 1.54) is 30.4 Å². The molecule has 0 unspecified atom stereocenters. The van der Waals surface area contributed by atoms with Crippen molar-refractivity contribution in [1.29, 1.82) is 0 Å². The molecule has 0 saturated carbocycles. The summed E-state index contributed by atoms with van der Waals surface area (Å²) in [7, 11) is 0. The maximum absolute atomic E-state index is 4.80. The molecule has 2 heteroatoms. The SMILES string of the molecule is CCC(C)(CC)Cc1cc(-c2ccccc2)nc[c]1[Ge]([CH3])([CH3])[CH3]. The van der Waals surface area contributed by atoms with Crippen molar-refractivity contribution >= 4 is 17.7 Å². The maximum atomic E-state index is 4.80. The van der Waals surface area contributed by atoms with Gasteiger partial charge in [-0.1, -0.05) is 0 Å². The zero-order chi connectivity index (χ0) is 17.1. The van der Waals surface area contributed by atoms with Gasteiger partial charge in [-0.25, -0.2) is 0 Å². The molecule has 0 atom stereocenters. The Morgan fingerprint density at radius 1 is 1.00 bits per heavy atom. The summed E-state index contributed by atoms with van der Waals surface area (Å²) in [4.78, 5) is 4.80. The Bertz CT molecular complexity index is 637. The number of hydrogen-bond acceptors (Lipinski definition) is 1. The van der Waals surface area contributed by atoms with E-state index in [9.17, 15) is 0 Å². The van der Waals surface area contributed by atoms with Gasteiger partial charge in [-0.3, -0.25) is 0 Å². The molecule has 1 heterocycles. The van der Waals surface area contributed by atoms with E-state index in [1.54, 1.807) is 4.40 Å². The van der Waals surface area contributed by atoms with Crippen LogP contribution >= 0.6 is 0 Å². The first-order chi connectivity index (χ1) is 10.8. The molecule has 0 saturated heterocycles. The van der Waals surface area contributed by atoms with E-state index >= 15 is 0 Å². The van der Waals surface area contributed by atoms with Crippen molar-refractivity contribution in [2.75, 3.05) is 0 Å². The van der Waals surface area contributed by atoms with Crippen molar-refractivity contribution in [3.05, 3.63) is 48.2 Å². The van der Waals surface area contributed by atoms with Crippen LogP contribution in [0.1, 0.15) is 39.2 Å². The molecule has 0 N–H and O–H groups in total. The summed E-state index contributed by atoms with van der Waals surface area (Å²) < 4.78 is 1.57. The number of rotatable bonds is 6. The number of hydrogen-bond donors (Lipinski definition) is 0. The van der Waals surface area contributed by atoms with Gasteiger partial charge in [0.25, 0.3) is 0 Å². The van der Waals surface area contributed by atoms with E-state index in [-0.39, 0.29) is 0 Å². The summed E-state index contributed by atoms with van der Waals surface area (Å²) in [5, 5.41) is 0. The standard InChI is InChI=1S/C21H31GeN/c1-7-21(3,8-2)15-18-14-20(17-12-10-9-11-13-17)23-16-19(18)22(4,5)6/h9-14,16H,7-8,15H2,1-6H3. The second kappa shape index (κ2) is 7.21. The molecule has 0 radical (unpaired) electrons. The topological polar surface area (TPSA) is 12.9 Å². The minimum atomic E-state index is -1.92. The van der Waals surface area contributed by atoms with Crippen LogP contribution in [0, 0.1) is 5.41 Å². The van der Waals surface area contributed by atoms with Gasteiger partial charge in [0.15, 0.2) is 0 Å². The molecule has 0 fully saturated rings. The molecule has 1 aromatic carbocycles. The average Bonchev–Trinajstić information content (AvgIpc) is 2.54. The van der Waals surface area contributed by atoms with E-state index in [0.29, 0.717) is 5.41 Å². The van der Waals surface area contributed by atoms with E-state index in [2.05, 4.69) is 80.6 Å². The van der Waals surface area contributed by atoms with Crippen molar-refractivity contribution in [3.8, 4) is 11.3 Å². The first-order valence-electron chi connectivity index (χ1n) is 8.84. The van der Waals surface area contributed by atoms with Crippen molar-refractivity contribution in [2.24, 2.45) is 5.41 Å². The second-order valence-electron chi connectivity index (χ2n) is 8.04. The molecule has 0 aliphatic heterocycles. The van der Waals surface area contributed by atoms with Gasteiger partial charge in [0.2, 0.25) is 0 Å². The molecule has 1 nitrogen and oxygen atoms in total. The van der Waals surface area contributed by atoms with Gasteiger partial charge in [0.05, 0.1) is 0 Å². The molecule has 2 rings (SSSR count). The third-order valence-corrected chi connectivity index (χ3v) is 9.53. The Labute approximate surface area is 144 Å². The molecule has 124 valence electrons. The molecule has 0 aliphatic rings. The van der Waals surface area contributed by atoms with Crippen LogP contribution in [0.25, 0.3) is 11.3 Å². The van der Waals surface area contributed by atoms with Crippen LogP contribution in [0.2, 0.25) is 17.3 Å². The first-order valence-corrected chi connectivity index (χ1v) is 16.2. The number of aromatic nitrogens is 1. The van der Waals surface area contributed by atoms with Crippen LogP contribution in [0.3, 0.4) is 0 Å². The van der Waals surface area contributed by atoms with Gasteiger partial charge >= 0.3 is 145 Å². The van der Waals surface area contributed by atoms with Crippen LogP contribution in [0.4, 0.5) is 0 Å². The predicted octanol–water partition coefficient (Wildman–Crippen LogP) is 5.66. The Morgan fingerprint density at radius 2 is 1.61 bits per heavy atom. The van der Waals surface area contributed by atoms with Crippen LogP contribution in [0.15, 0.2) is 42.6 Å². The molecular weight excluding hydrogens is 339 g/mol. The fourth-order valence-electron chi connectivity index (χ4n) is 3.05. The first kappa shape index (κ1) is 18.3. The van der Waals surface area contributed by atoms with Gasteiger partial charge in [0.1, 0.15) is 0 Å². The summed E-state index contributed by atoms with van der Waals surface area (Å²) in [6, 6.07) is 12.9. The molecule has 0 spiro atoms. The van der Waals surface area contributed by atoms with E-state index in [4.69, 9.17) is 4.98 Å². The van der Waals surface area contributed by atoms with E-state index < -0.39 is 13.3 Å². The van der Waals surface area contributed by atoms with Gasteiger partial charge in [-0.15, -0.1) is 0 Å². The summed E-state index contributed by atoms with van der Waals surface area (Å²) in [6.45, 7) is 7.07. The molecule has 2 aromatic rings. The quantitative estimate of drug-likeness (QED) is 0.598. The van der Waals surface area contributed by atoms with E-state index in [1.807, 2.05) is 0 Å². The number of nitrogens with zero attached hydrogens (tertiary/aromatic N) is 1. The van der Waals surface area contributed by atoms with Gasteiger partial charge in [-0.2, -0.15) is 0 Å². The summed E-state index contributed by atoms with van der Waals surface area (Å²) in [6.07, 6.45) is 5.80. The Hall–Kier alpha value is -1.09. The molecule has 0 amide bonds. The number of pyridine rings is 1. The molecular formula is C21H31GeN.